The van der Waals surface area contributed by atoms with E-state index in [0.29, 0.717) is 22.9 Å². The first kappa shape index (κ1) is 15.6. The van der Waals surface area contributed by atoms with Crippen molar-refractivity contribution in [1.29, 1.82) is 0 Å². The number of carbonyl (C=O) groups is 1. The van der Waals surface area contributed by atoms with Crippen molar-refractivity contribution < 1.29 is 19.4 Å². The van der Waals surface area contributed by atoms with Gasteiger partial charge < -0.3 is 14.6 Å². The van der Waals surface area contributed by atoms with E-state index in [1.807, 2.05) is 6.92 Å². The van der Waals surface area contributed by atoms with Crippen LogP contribution in [0.2, 0.25) is 5.02 Å². The highest BCUT2D eigenvalue weighted by atomic mass is 35.5. The molecule has 4 nitrogen and oxygen atoms in total. The maximum Gasteiger partial charge on any atom is 0.309 e. The third-order valence-electron chi connectivity index (χ3n) is 3.13. The van der Waals surface area contributed by atoms with Gasteiger partial charge in [-0.2, -0.15) is 0 Å². The summed E-state index contributed by atoms with van der Waals surface area (Å²) in [6.07, 6.45) is 0.327. The minimum Gasteiger partial charge on any atom is -0.493 e. The van der Waals surface area contributed by atoms with Gasteiger partial charge in [-0.15, -0.1) is 0 Å². The van der Waals surface area contributed by atoms with Crippen molar-refractivity contribution >= 4 is 17.6 Å². The zero-order valence-electron chi connectivity index (χ0n) is 11.8. The van der Waals surface area contributed by atoms with Crippen LogP contribution in [0.25, 0.3) is 0 Å². The van der Waals surface area contributed by atoms with Gasteiger partial charge in [0.05, 0.1) is 24.7 Å². The molecule has 0 saturated carbocycles. The monoisotopic (exact) mass is 286 g/mol. The van der Waals surface area contributed by atoms with Gasteiger partial charge in [0.2, 0.25) is 0 Å². The zero-order chi connectivity index (χ0) is 14.8. The van der Waals surface area contributed by atoms with Crippen LogP contribution in [0.15, 0.2) is 6.07 Å². The number of hydrogen-bond donors (Lipinski definition) is 1. The van der Waals surface area contributed by atoms with Gasteiger partial charge in [0.25, 0.3) is 0 Å². The second kappa shape index (κ2) is 5.70. The van der Waals surface area contributed by atoms with E-state index in [1.165, 1.54) is 14.2 Å². The Kier molecular flexibility index (Phi) is 4.69. The van der Waals surface area contributed by atoms with Gasteiger partial charge in [0, 0.05) is 0 Å². The lowest BCUT2D eigenvalue weighted by Gasteiger charge is -2.23. The van der Waals surface area contributed by atoms with Gasteiger partial charge in [0.15, 0.2) is 11.5 Å². The van der Waals surface area contributed by atoms with Gasteiger partial charge >= 0.3 is 5.97 Å². The molecule has 0 aliphatic rings. The minimum absolute atomic E-state index is 0.327. The first-order chi connectivity index (χ1) is 8.74. The van der Waals surface area contributed by atoms with Crippen molar-refractivity contribution in [2.45, 2.75) is 27.2 Å². The number of rotatable bonds is 5. The Hall–Kier alpha value is -1.42. The summed E-state index contributed by atoms with van der Waals surface area (Å²) in [7, 11) is 3.04. The smallest absolute Gasteiger partial charge is 0.309 e. The van der Waals surface area contributed by atoms with E-state index >= 15 is 0 Å². The van der Waals surface area contributed by atoms with Crippen LogP contribution in [-0.4, -0.2) is 25.3 Å². The number of aryl methyl sites for hydroxylation is 1. The Morgan fingerprint density at radius 3 is 2.37 bits per heavy atom. The maximum atomic E-state index is 11.2. The predicted octanol–water partition coefficient (Wildman–Crippen LogP) is 3.32. The summed E-state index contributed by atoms with van der Waals surface area (Å²) in [5, 5.41) is 9.62. The molecule has 0 spiro atoms. The van der Waals surface area contributed by atoms with Crippen molar-refractivity contribution in [2.75, 3.05) is 14.2 Å². The number of hydrogen-bond acceptors (Lipinski definition) is 3. The van der Waals surface area contributed by atoms with Crippen LogP contribution >= 0.6 is 11.6 Å². The van der Waals surface area contributed by atoms with E-state index in [2.05, 4.69) is 0 Å². The van der Waals surface area contributed by atoms with E-state index in [0.717, 1.165) is 11.1 Å². The number of aliphatic carboxylic acids is 1. The van der Waals surface area contributed by atoms with Crippen molar-refractivity contribution in [3.05, 3.63) is 22.2 Å². The molecule has 0 radical (unpaired) electrons. The van der Waals surface area contributed by atoms with Crippen molar-refractivity contribution in [3.63, 3.8) is 0 Å². The minimum atomic E-state index is -0.895. The fraction of sp³-hybridized carbons (Fsp3) is 0.500. The largest absolute Gasteiger partial charge is 0.493 e. The molecule has 0 aliphatic carbocycles. The summed E-state index contributed by atoms with van der Waals surface area (Å²) in [4.78, 5) is 11.2. The van der Waals surface area contributed by atoms with E-state index < -0.39 is 11.4 Å². The Morgan fingerprint density at radius 1 is 1.37 bits per heavy atom. The van der Waals surface area contributed by atoms with E-state index in [4.69, 9.17) is 21.1 Å². The van der Waals surface area contributed by atoms with Crippen molar-refractivity contribution in [2.24, 2.45) is 5.41 Å². The van der Waals surface area contributed by atoms with Crippen LogP contribution in [0, 0.1) is 12.3 Å². The molecule has 0 atom stereocenters. The molecular weight excluding hydrogens is 268 g/mol. The second-order valence-corrected chi connectivity index (χ2v) is 5.47. The number of carboxylic acids is 1. The molecule has 0 fully saturated rings. The number of methoxy groups -OCH3 is 2. The van der Waals surface area contributed by atoms with Gasteiger partial charge in [-0.3, -0.25) is 4.79 Å². The van der Waals surface area contributed by atoms with Gasteiger partial charge in [0.1, 0.15) is 0 Å². The molecule has 0 heterocycles. The molecule has 0 unspecified atom stereocenters. The standard InChI is InChI=1S/C14H19ClO4/c1-8-6-10(18-4)12(19-5)11(15)9(8)7-14(2,3)13(16)17/h6H,7H2,1-5H3,(H,16,17). The first-order valence-electron chi connectivity index (χ1n) is 5.88. The number of halogens is 1. The van der Waals surface area contributed by atoms with Crippen LogP contribution in [0.5, 0.6) is 11.5 Å². The summed E-state index contributed by atoms with van der Waals surface area (Å²) < 4.78 is 10.4. The number of ether oxygens (including phenoxy) is 2. The topological polar surface area (TPSA) is 55.8 Å². The van der Waals surface area contributed by atoms with Crippen LogP contribution in [0.3, 0.4) is 0 Å². The predicted molar refractivity (Wildman–Crippen MR) is 74.4 cm³/mol. The maximum absolute atomic E-state index is 11.2. The normalized spacial score (nSPS) is 11.3. The van der Waals surface area contributed by atoms with Crippen molar-refractivity contribution in [3.8, 4) is 11.5 Å². The summed E-state index contributed by atoms with van der Waals surface area (Å²) in [6.45, 7) is 5.21. The van der Waals surface area contributed by atoms with Crippen LogP contribution in [0.4, 0.5) is 0 Å². The van der Waals surface area contributed by atoms with E-state index in [-0.39, 0.29) is 0 Å². The lowest BCUT2D eigenvalue weighted by molar-refractivity contribution is -0.146. The first-order valence-corrected chi connectivity index (χ1v) is 6.25. The fourth-order valence-corrected chi connectivity index (χ4v) is 2.23. The number of carboxylic acid groups (broad SMARTS) is 1. The molecule has 1 aromatic rings. The Balaban J connectivity index is 3.33. The lowest BCUT2D eigenvalue weighted by Crippen LogP contribution is -2.26. The summed E-state index contributed by atoms with van der Waals surface area (Å²) in [5.41, 5.74) is 0.761. The molecule has 1 aromatic carbocycles. The van der Waals surface area contributed by atoms with Crippen LogP contribution in [-0.2, 0) is 11.2 Å². The molecule has 106 valence electrons. The molecular formula is C14H19ClO4. The van der Waals surface area contributed by atoms with Crippen LogP contribution in [0.1, 0.15) is 25.0 Å². The van der Waals surface area contributed by atoms with Gasteiger partial charge in [-0.1, -0.05) is 11.6 Å². The molecule has 1 N–H and O–H groups in total. The molecule has 0 saturated heterocycles. The third-order valence-corrected chi connectivity index (χ3v) is 3.53. The summed E-state index contributed by atoms with van der Waals surface area (Å²) >= 11 is 6.31. The Morgan fingerprint density at radius 2 is 1.95 bits per heavy atom. The highest BCUT2D eigenvalue weighted by molar-refractivity contribution is 6.33. The summed E-state index contributed by atoms with van der Waals surface area (Å²) in [5.74, 6) is 0.116. The average molecular weight is 287 g/mol. The quantitative estimate of drug-likeness (QED) is 0.902. The molecule has 5 heteroatoms. The molecule has 19 heavy (non-hydrogen) atoms. The SMILES string of the molecule is COc1cc(C)c(CC(C)(C)C(=O)O)c(Cl)c1OC. The van der Waals surface area contributed by atoms with Gasteiger partial charge in [-0.05, 0) is 44.4 Å². The highest BCUT2D eigenvalue weighted by Crippen LogP contribution is 2.41. The summed E-state index contributed by atoms with van der Waals surface area (Å²) in [6, 6.07) is 1.80. The molecule has 0 aromatic heterocycles. The fourth-order valence-electron chi connectivity index (χ4n) is 1.84. The van der Waals surface area contributed by atoms with Crippen LogP contribution < -0.4 is 9.47 Å². The molecule has 0 aliphatic heterocycles. The van der Waals surface area contributed by atoms with Crippen molar-refractivity contribution in [1.82, 2.24) is 0 Å². The third kappa shape index (κ3) is 3.13. The Labute approximate surface area is 118 Å². The molecule has 0 bridgehead atoms. The highest BCUT2D eigenvalue weighted by Gasteiger charge is 2.30. The lowest BCUT2D eigenvalue weighted by atomic mass is 9.84. The van der Waals surface area contributed by atoms with E-state index in [9.17, 15) is 9.90 Å². The average Bonchev–Trinajstić information content (AvgIpc) is 2.33. The van der Waals surface area contributed by atoms with E-state index in [1.54, 1.807) is 19.9 Å². The molecule has 0 amide bonds. The zero-order valence-corrected chi connectivity index (χ0v) is 12.6. The Bertz CT molecular complexity index is 495. The number of benzene rings is 1. The van der Waals surface area contributed by atoms with Gasteiger partial charge in [-0.25, -0.2) is 0 Å². The second-order valence-electron chi connectivity index (χ2n) is 5.09. The molecule has 1 rings (SSSR count).